The van der Waals surface area contributed by atoms with Crippen molar-refractivity contribution in [1.29, 1.82) is 0 Å². The molecule has 2 unspecified atom stereocenters. The molecule has 0 bridgehead atoms. The summed E-state index contributed by atoms with van der Waals surface area (Å²) in [6, 6.07) is 7.61. The smallest absolute Gasteiger partial charge is 0.141 e. The first-order valence-electron chi connectivity index (χ1n) is 7.80. The predicted octanol–water partition coefficient (Wildman–Crippen LogP) is 3.47. The maximum Gasteiger partial charge on any atom is 0.141 e. The Hall–Kier alpha value is -1.22. The molecule has 20 heavy (non-hydrogen) atoms. The van der Waals surface area contributed by atoms with Crippen LogP contribution in [0.5, 0.6) is 5.75 Å². The van der Waals surface area contributed by atoms with E-state index < -0.39 is 0 Å². The van der Waals surface area contributed by atoms with Gasteiger partial charge in [0.15, 0.2) is 0 Å². The standard InChI is InChI=1S/C17H28N2O/c1-13-6-4-7-14(2)19(13)11-5-8-15-9-10-17(20-3)16(18)12-15/h9-10,12-14H,4-8,11,18H2,1-3H3. The molecule has 0 aromatic heterocycles. The quantitative estimate of drug-likeness (QED) is 0.837. The van der Waals surface area contributed by atoms with E-state index in [-0.39, 0.29) is 0 Å². The predicted molar refractivity (Wildman–Crippen MR) is 85.2 cm³/mol. The molecule has 0 amide bonds. The van der Waals surface area contributed by atoms with E-state index in [0.717, 1.165) is 29.9 Å². The molecular weight excluding hydrogens is 248 g/mol. The van der Waals surface area contributed by atoms with Crippen LogP contribution in [-0.2, 0) is 6.42 Å². The Morgan fingerprint density at radius 1 is 1.25 bits per heavy atom. The number of aryl methyl sites for hydroxylation is 1. The SMILES string of the molecule is COc1ccc(CCCN2C(C)CCCC2C)cc1N. The third-order valence-electron chi connectivity index (χ3n) is 4.55. The lowest BCUT2D eigenvalue weighted by atomic mass is 9.97. The summed E-state index contributed by atoms with van der Waals surface area (Å²) in [6.45, 7) is 5.91. The highest BCUT2D eigenvalue weighted by Gasteiger charge is 2.23. The van der Waals surface area contributed by atoms with Crippen molar-refractivity contribution in [2.45, 2.75) is 58.0 Å². The van der Waals surface area contributed by atoms with Gasteiger partial charge in [0.25, 0.3) is 0 Å². The number of nitrogens with zero attached hydrogens (tertiary/aromatic N) is 1. The minimum absolute atomic E-state index is 0.736. The van der Waals surface area contributed by atoms with Crippen molar-refractivity contribution in [3.8, 4) is 5.75 Å². The van der Waals surface area contributed by atoms with Crippen LogP contribution in [0.25, 0.3) is 0 Å². The monoisotopic (exact) mass is 276 g/mol. The molecule has 1 fully saturated rings. The number of piperidine rings is 1. The van der Waals surface area contributed by atoms with E-state index in [9.17, 15) is 0 Å². The fourth-order valence-corrected chi connectivity index (χ4v) is 3.32. The summed E-state index contributed by atoms with van der Waals surface area (Å²) in [6.07, 6.45) is 6.36. The number of rotatable bonds is 5. The minimum Gasteiger partial charge on any atom is -0.495 e. The Morgan fingerprint density at radius 2 is 1.95 bits per heavy atom. The number of hydrogen-bond donors (Lipinski definition) is 1. The van der Waals surface area contributed by atoms with Gasteiger partial charge in [-0.15, -0.1) is 0 Å². The van der Waals surface area contributed by atoms with Crippen LogP contribution in [-0.4, -0.2) is 30.6 Å². The molecule has 1 aliphatic rings. The zero-order valence-corrected chi connectivity index (χ0v) is 13.1. The maximum atomic E-state index is 5.96. The largest absolute Gasteiger partial charge is 0.495 e. The van der Waals surface area contributed by atoms with Crippen molar-refractivity contribution in [2.75, 3.05) is 19.4 Å². The van der Waals surface area contributed by atoms with Gasteiger partial charge in [-0.25, -0.2) is 0 Å². The van der Waals surface area contributed by atoms with Crippen LogP contribution in [0.1, 0.15) is 45.1 Å². The summed E-state index contributed by atoms with van der Waals surface area (Å²) in [5, 5.41) is 0. The molecule has 1 aromatic rings. The number of likely N-dealkylation sites (tertiary alicyclic amines) is 1. The Balaban J connectivity index is 1.84. The molecule has 0 spiro atoms. The molecule has 1 aromatic carbocycles. The highest BCUT2D eigenvalue weighted by molar-refractivity contribution is 5.54. The van der Waals surface area contributed by atoms with Crippen LogP contribution in [0.15, 0.2) is 18.2 Å². The third kappa shape index (κ3) is 3.66. The summed E-state index contributed by atoms with van der Waals surface area (Å²) in [4.78, 5) is 2.66. The average Bonchev–Trinajstić information content (AvgIpc) is 2.42. The zero-order valence-electron chi connectivity index (χ0n) is 13.1. The second-order valence-corrected chi connectivity index (χ2v) is 6.05. The topological polar surface area (TPSA) is 38.5 Å². The third-order valence-corrected chi connectivity index (χ3v) is 4.55. The molecule has 3 nitrogen and oxygen atoms in total. The van der Waals surface area contributed by atoms with Gasteiger partial charge in [0.2, 0.25) is 0 Å². The van der Waals surface area contributed by atoms with E-state index >= 15 is 0 Å². The second kappa shape index (κ2) is 6.98. The van der Waals surface area contributed by atoms with Crippen LogP contribution in [0, 0.1) is 0 Å². The minimum atomic E-state index is 0.736. The van der Waals surface area contributed by atoms with Gasteiger partial charge in [-0.1, -0.05) is 12.5 Å². The molecule has 0 saturated carbocycles. The summed E-state index contributed by atoms with van der Waals surface area (Å²) >= 11 is 0. The van der Waals surface area contributed by atoms with Gasteiger partial charge in [-0.05, 0) is 63.8 Å². The van der Waals surface area contributed by atoms with Gasteiger partial charge < -0.3 is 10.5 Å². The van der Waals surface area contributed by atoms with Gasteiger partial charge in [0.05, 0.1) is 12.8 Å². The highest BCUT2D eigenvalue weighted by atomic mass is 16.5. The lowest BCUT2D eigenvalue weighted by Gasteiger charge is -2.39. The Bertz CT molecular complexity index is 423. The van der Waals surface area contributed by atoms with Crippen LogP contribution in [0.3, 0.4) is 0 Å². The second-order valence-electron chi connectivity index (χ2n) is 6.05. The molecular formula is C17H28N2O. The molecule has 1 heterocycles. The Labute approximate surface area is 123 Å². The Morgan fingerprint density at radius 3 is 2.55 bits per heavy atom. The van der Waals surface area contributed by atoms with Crippen LogP contribution < -0.4 is 10.5 Å². The van der Waals surface area contributed by atoms with Crippen LogP contribution >= 0.6 is 0 Å². The van der Waals surface area contributed by atoms with Crippen molar-refractivity contribution < 1.29 is 4.74 Å². The van der Waals surface area contributed by atoms with Crippen molar-refractivity contribution in [2.24, 2.45) is 0 Å². The van der Waals surface area contributed by atoms with Crippen molar-refractivity contribution in [1.82, 2.24) is 4.90 Å². The summed E-state index contributed by atoms with van der Waals surface area (Å²) < 4.78 is 5.19. The number of nitrogen functional groups attached to an aromatic ring is 1. The first-order valence-corrected chi connectivity index (χ1v) is 7.80. The van der Waals surface area contributed by atoms with E-state index in [2.05, 4.69) is 24.8 Å². The van der Waals surface area contributed by atoms with Crippen LogP contribution in [0.4, 0.5) is 5.69 Å². The van der Waals surface area contributed by atoms with E-state index in [0.29, 0.717) is 0 Å². The lowest BCUT2D eigenvalue weighted by molar-refractivity contribution is 0.102. The van der Waals surface area contributed by atoms with E-state index in [1.165, 1.54) is 37.8 Å². The fraction of sp³-hybridized carbons (Fsp3) is 0.647. The van der Waals surface area contributed by atoms with Crippen molar-refractivity contribution in [3.63, 3.8) is 0 Å². The van der Waals surface area contributed by atoms with Crippen LogP contribution in [0.2, 0.25) is 0 Å². The number of benzene rings is 1. The van der Waals surface area contributed by atoms with Gasteiger partial charge in [-0.2, -0.15) is 0 Å². The number of nitrogens with two attached hydrogens (primary N) is 1. The first kappa shape index (κ1) is 15.2. The molecule has 2 atom stereocenters. The maximum absolute atomic E-state index is 5.96. The van der Waals surface area contributed by atoms with Crippen molar-refractivity contribution in [3.05, 3.63) is 23.8 Å². The average molecular weight is 276 g/mol. The van der Waals surface area contributed by atoms with Gasteiger partial charge in [-0.3, -0.25) is 4.90 Å². The van der Waals surface area contributed by atoms with E-state index in [4.69, 9.17) is 10.5 Å². The molecule has 2 rings (SSSR count). The van der Waals surface area contributed by atoms with Gasteiger partial charge in [0.1, 0.15) is 5.75 Å². The molecule has 0 aliphatic carbocycles. The molecule has 0 radical (unpaired) electrons. The molecule has 2 N–H and O–H groups in total. The summed E-state index contributed by atoms with van der Waals surface area (Å²) in [7, 11) is 1.66. The fourth-order valence-electron chi connectivity index (χ4n) is 3.32. The number of hydrogen-bond acceptors (Lipinski definition) is 3. The van der Waals surface area contributed by atoms with Gasteiger partial charge in [0, 0.05) is 12.1 Å². The zero-order chi connectivity index (χ0) is 14.5. The number of methoxy groups -OCH3 is 1. The normalized spacial score (nSPS) is 23.8. The molecule has 112 valence electrons. The lowest BCUT2D eigenvalue weighted by Crippen LogP contribution is -2.44. The summed E-state index contributed by atoms with van der Waals surface area (Å²) in [5.74, 6) is 0.770. The van der Waals surface area contributed by atoms with Crippen molar-refractivity contribution >= 4 is 5.69 Å². The number of ether oxygens (including phenoxy) is 1. The molecule has 1 aliphatic heterocycles. The first-order chi connectivity index (χ1) is 9.61. The highest BCUT2D eigenvalue weighted by Crippen LogP contribution is 2.24. The van der Waals surface area contributed by atoms with E-state index in [1.807, 2.05) is 12.1 Å². The Kier molecular flexibility index (Phi) is 5.30. The van der Waals surface area contributed by atoms with Gasteiger partial charge >= 0.3 is 0 Å². The van der Waals surface area contributed by atoms with E-state index in [1.54, 1.807) is 7.11 Å². The number of anilines is 1. The molecule has 1 saturated heterocycles. The molecule has 3 heteroatoms. The summed E-state index contributed by atoms with van der Waals surface area (Å²) in [5.41, 5.74) is 8.00.